The van der Waals surface area contributed by atoms with E-state index in [1.165, 1.54) is 55.0 Å². The summed E-state index contributed by atoms with van der Waals surface area (Å²) < 4.78 is 3.21. The number of halogens is 2. The molecule has 0 saturated carbocycles. The Morgan fingerprint density at radius 2 is 1.33 bits per heavy atom. The first kappa shape index (κ1) is 36.5. The van der Waals surface area contributed by atoms with Crippen molar-refractivity contribution in [3.63, 3.8) is 0 Å². The van der Waals surface area contributed by atoms with Crippen molar-refractivity contribution in [2.75, 3.05) is 0 Å². The molecular formula is C43H47Cl2Zr. The van der Waals surface area contributed by atoms with Crippen molar-refractivity contribution < 1.29 is 47.6 Å². The molecule has 0 bridgehead atoms. The first-order chi connectivity index (χ1) is 20.7. The van der Waals surface area contributed by atoms with Crippen LogP contribution >= 0.6 is 0 Å². The van der Waals surface area contributed by atoms with Crippen LogP contribution in [0.3, 0.4) is 0 Å². The predicted molar refractivity (Wildman–Crippen MR) is 187 cm³/mol. The van der Waals surface area contributed by atoms with Gasteiger partial charge in [0.1, 0.15) is 0 Å². The van der Waals surface area contributed by atoms with Gasteiger partial charge in [0.25, 0.3) is 0 Å². The Balaban J connectivity index is 0.00000240. The number of hydrogen-bond acceptors (Lipinski definition) is 0. The molecule has 3 aliphatic rings. The SMILES string of the molecule is CC1=C(C)C(C)(C(C)(C)C)C(C2=CC=CC2)=C2[C]([Zr+2]=[C](c3ccccc3)c3ccccc3)=c3cc(C(C)(C)C)cc(C)c3=C12.[Cl-].[Cl-]. The molecule has 0 aliphatic heterocycles. The van der Waals surface area contributed by atoms with E-state index in [2.05, 4.69) is 160 Å². The largest absolute Gasteiger partial charge is 1.00 e. The quantitative estimate of drug-likeness (QED) is 0.387. The number of hydrogen-bond donors (Lipinski definition) is 0. The zero-order chi connectivity index (χ0) is 31.6. The second-order valence-corrected chi connectivity index (χ2v) is 18.2. The smallest absolute Gasteiger partial charge is 1.00 e. The average molecular weight is 726 g/mol. The summed E-state index contributed by atoms with van der Waals surface area (Å²) in [6, 6.07) is 27.5. The van der Waals surface area contributed by atoms with Crippen molar-refractivity contribution in [3.8, 4) is 0 Å². The van der Waals surface area contributed by atoms with Crippen molar-refractivity contribution in [3.05, 3.63) is 152 Å². The topological polar surface area (TPSA) is 0 Å². The molecule has 46 heavy (non-hydrogen) atoms. The summed E-state index contributed by atoms with van der Waals surface area (Å²) in [5.41, 5.74) is 14.8. The van der Waals surface area contributed by atoms with Crippen LogP contribution in [0.1, 0.15) is 91.0 Å². The van der Waals surface area contributed by atoms with E-state index < -0.39 is 22.8 Å². The maximum Gasteiger partial charge on any atom is -1.00 e. The number of fused-ring (bicyclic) bond motifs is 2. The van der Waals surface area contributed by atoms with Gasteiger partial charge in [0.2, 0.25) is 0 Å². The van der Waals surface area contributed by atoms with E-state index in [1.807, 2.05) is 0 Å². The molecule has 3 heteroatoms. The maximum atomic E-state index is 2.58. The van der Waals surface area contributed by atoms with Gasteiger partial charge in [-0.15, -0.1) is 0 Å². The fraction of sp³-hybridized carbons (Fsp3) is 0.326. The molecule has 0 nitrogen and oxygen atoms in total. The molecule has 0 spiro atoms. The van der Waals surface area contributed by atoms with E-state index in [0.29, 0.717) is 0 Å². The van der Waals surface area contributed by atoms with Gasteiger partial charge in [-0.05, 0) is 0 Å². The molecule has 1 unspecified atom stereocenters. The molecule has 0 aromatic heterocycles. The molecule has 0 fully saturated rings. The molecule has 0 amide bonds. The third-order valence-electron chi connectivity index (χ3n) is 10.6. The van der Waals surface area contributed by atoms with Crippen LogP contribution < -0.4 is 35.3 Å². The maximum absolute atomic E-state index is 2.58. The molecule has 6 rings (SSSR count). The van der Waals surface area contributed by atoms with Gasteiger partial charge in [-0.1, -0.05) is 0 Å². The zero-order valence-electron chi connectivity index (χ0n) is 29.1. The Labute approximate surface area is 301 Å². The Morgan fingerprint density at radius 3 is 1.80 bits per heavy atom. The van der Waals surface area contributed by atoms with Gasteiger partial charge in [-0.3, -0.25) is 0 Å². The Hall–Kier alpha value is -2.31. The summed E-state index contributed by atoms with van der Waals surface area (Å²) >= 11 is -1.36. The molecule has 237 valence electrons. The number of aryl methyl sites for hydroxylation is 1. The van der Waals surface area contributed by atoms with Crippen LogP contribution in [-0.2, 0) is 28.2 Å². The summed E-state index contributed by atoms with van der Waals surface area (Å²) in [6.45, 7) is 24.2. The fourth-order valence-corrected chi connectivity index (χ4v) is 11.5. The van der Waals surface area contributed by atoms with Gasteiger partial charge in [-0.25, -0.2) is 0 Å². The van der Waals surface area contributed by atoms with E-state index in [4.69, 9.17) is 0 Å². The predicted octanol–water partition coefficient (Wildman–Crippen LogP) is 3.51. The van der Waals surface area contributed by atoms with E-state index in [1.54, 1.807) is 17.6 Å². The van der Waals surface area contributed by atoms with Gasteiger partial charge in [0.05, 0.1) is 0 Å². The molecule has 0 N–H and O–H groups in total. The van der Waals surface area contributed by atoms with Crippen LogP contribution in [0.5, 0.6) is 0 Å². The van der Waals surface area contributed by atoms with Crippen LogP contribution in [0, 0.1) is 17.8 Å². The minimum Gasteiger partial charge on any atom is -1.00 e. The van der Waals surface area contributed by atoms with Crippen molar-refractivity contribution in [2.45, 2.75) is 81.1 Å². The standard InChI is InChI=1S/C30H37.C13H10.2ClH.Zr/c1-18-15-23(28(4,5)6)16-22-17-24-26(25(18)22)19(2)20(3)30(10,29(7,8)9)27(24)21-13-11-12-14-21;1-3-7-12(8-4-1)11-13-9-5-2-6-10-13;;;/h11-13,15-16H,14H2,1-10H3;1-10H;2*1H;/q;;;;+2/p-2. The minimum atomic E-state index is -1.36. The van der Waals surface area contributed by atoms with Crippen LogP contribution in [0.25, 0.3) is 8.85 Å². The van der Waals surface area contributed by atoms with E-state index >= 15 is 0 Å². The average Bonchev–Trinajstić information content (AvgIpc) is 3.62. The Bertz CT molecular complexity index is 1910. The van der Waals surface area contributed by atoms with Crippen LogP contribution in [0.2, 0.25) is 0 Å². The van der Waals surface area contributed by atoms with Crippen molar-refractivity contribution >= 4 is 12.1 Å². The van der Waals surface area contributed by atoms with Crippen molar-refractivity contribution in [1.82, 2.24) is 0 Å². The van der Waals surface area contributed by atoms with Gasteiger partial charge < -0.3 is 24.8 Å². The van der Waals surface area contributed by atoms with Crippen LogP contribution in [-0.4, -0.2) is 3.21 Å². The minimum absolute atomic E-state index is 0. The summed E-state index contributed by atoms with van der Waals surface area (Å²) in [6.07, 6.45) is 8.06. The first-order valence-electron chi connectivity index (χ1n) is 16.2. The number of allylic oxidation sites excluding steroid dienone is 8. The Morgan fingerprint density at radius 1 is 0.761 bits per heavy atom. The molecule has 0 radical (unpaired) electrons. The molecule has 0 heterocycles. The number of benzene rings is 3. The molecule has 3 aliphatic carbocycles. The van der Waals surface area contributed by atoms with Crippen LogP contribution in [0.4, 0.5) is 0 Å². The fourth-order valence-electron chi connectivity index (χ4n) is 7.59. The third kappa shape index (κ3) is 5.95. The van der Waals surface area contributed by atoms with E-state index in [0.717, 1.165) is 6.42 Å². The third-order valence-corrected chi connectivity index (χ3v) is 14.6. The molecule has 0 saturated heterocycles. The Kier molecular flexibility index (Phi) is 10.6. The summed E-state index contributed by atoms with van der Waals surface area (Å²) in [7, 11) is 0. The van der Waals surface area contributed by atoms with E-state index in [-0.39, 0.29) is 41.1 Å². The monoisotopic (exact) mass is 723 g/mol. The summed E-state index contributed by atoms with van der Waals surface area (Å²) in [4.78, 5) is 0. The number of rotatable bonds is 4. The van der Waals surface area contributed by atoms with Crippen molar-refractivity contribution in [1.29, 1.82) is 0 Å². The normalized spacial score (nSPS) is 18.9. The van der Waals surface area contributed by atoms with Gasteiger partial charge >= 0.3 is 278 Å². The van der Waals surface area contributed by atoms with Crippen molar-refractivity contribution in [2.24, 2.45) is 10.8 Å². The first-order valence-corrected chi connectivity index (χ1v) is 18.7. The second-order valence-electron chi connectivity index (χ2n) is 15.1. The van der Waals surface area contributed by atoms with Crippen LogP contribution in [0.15, 0.2) is 119 Å². The summed E-state index contributed by atoms with van der Waals surface area (Å²) in [5, 5.41) is 2.99. The molecular weight excluding hydrogens is 679 g/mol. The van der Waals surface area contributed by atoms with Gasteiger partial charge in [0, 0.05) is 0 Å². The van der Waals surface area contributed by atoms with Gasteiger partial charge in [-0.2, -0.15) is 0 Å². The second kappa shape index (κ2) is 13.3. The molecule has 3 aromatic rings. The van der Waals surface area contributed by atoms with Gasteiger partial charge in [0.15, 0.2) is 0 Å². The zero-order valence-corrected chi connectivity index (χ0v) is 33.1. The summed E-state index contributed by atoms with van der Waals surface area (Å²) in [5.74, 6) is 0. The van der Waals surface area contributed by atoms with E-state index in [9.17, 15) is 0 Å². The molecule has 3 aromatic carbocycles. The molecule has 1 atom stereocenters.